The van der Waals surface area contributed by atoms with Gasteiger partial charge in [0, 0.05) is 26.2 Å². The zero-order valence-electron chi connectivity index (χ0n) is 8.89. The Morgan fingerprint density at radius 3 is 3.00 bits per heavy atom. The van der Waals surface area contributed by atoms with Gasteiger partial charge in [-0.05, 0) is 12.1 Å². The minimum atomic E-state index is 0.622. The van der Waals surface area contributed by atoms with E-state index in [-0.39, 0.29) is 0 Å². The van der Waals surface area contributed by atoms with E-state index in [1.807, 2.05) is 7.05 Å². The van der Waals surface area contributed by atoms with Crippen LogP contribution >= 0.6 is 11.6 Å². The Kier molecular flexibility index (Phi) is 3.36. The van der Waals surface area contributed by atoms with Gasteiger partial charge < -0.3 is 5.32 Å². The van der Waals surface area contributed by atoms with Gasteiger partial charge in [-0.25, -0.2) is 9.97 Å². The fourth-order valence-electron chi connectivity index (χ4n) is 1.31. The van der Waals surface area contributed by atoms with Crippen LogP contribution < -0.4 is 5.32 Å². The van der Waals surface area contributed by atoms with Crippen molar-refractivity contribution in [3.8, 4) is 0 Å². The predicted octanol–water partition coefficient (Wildman–Crippen LogP) is 1.52. The lowest BCUT2D eigenvalue weighted by Crippen LogP contribution is -2.07. The molecular weight excluding hydrogens is 226 g/mol. The van der Waals surface area contributed by atoms with Crippen LogP contribution in [0.15, 0.2) is 24.7 Å². The molecular formula is C10H12ClN5. The molecule has 0 atom stereocenters. The Morgan fingerprint density at radius 2 is 2.31 bits per heavy atom. The summed E-state index contributed by atoms with van der Waals surface area (Å²) in [4.78, 5) is 8.25. The number of anilines is 1. The third-order valence-corrected chi connectivity index (χ3v) is 2.35. The summed E-state index contributed by atoms with van der Waals surface area (Å²) in [7, 11) is 1.85. The van der Waals surface area contributed by atoms with E-state index in [1.165, 1.54) is 0 Å². The van der Waals surface area contributed by atoms with E-state index >= 15 is 0 Å². The number of hydrogen-bond acceptors (Lipinski definition) is 4. The topological polar surface area (TPSA) is 55.6 Å². The van der Waals surface area contributed by atoms with Crippen LogP contribution in [0.25, 0.3) is 0 Å². The Labute approximate surface area is 98.5 Å². The van der Waals surface area contributed by atoms with E-state index in [1.54, 1.807) is 29.3 Å². The highest BCUT2D eigenvalue weighted by molar-refractivity contribution is 6.32. The first-order valence-corrected chi connectivity index (χ1v) is 5.32. The molecule has 1 N–H and O–H groups in total. The summed E-state index contributed by atoms with van der Waals surface area (Å²) in [5, 5.41) is 7.94. The molecule has 2 aromatic rings. The van der Waals surface area contributed by atoms with Crippen molar-refractivity contribution in [3.05, 3.63) is 35.5 Å². The summed E-state index contributed by atoms with van der Waals surface area (Å²) in [6.45, 7) is 0.709. The van der Waals surface area contributed by atoms with E-state index in [2.05, 4.69) is 20.4 Å². The molecule has 0 aliphatic heterocycles. The molecule has 0 radical (unpaired) electrons. The molecule has 0 aliphatic rings. The maximum atomic E-state index is 5.95. The van der Waals surface area contributed by atoms with Crippen LogP contribution in [0.5, 0.6) is 0 Å². The first-order chi connectivity index (χ1) is 7.75. The SMILES string of the molecule is Cn1cnc(CCNc2ncccc2Cl)n1. The molecule has 0 spiro atoms. The first-order valence-electron chi connectivity index (χ1n) is 4.94. The summed E-state index contributed by atoms with van der Waals surface area (Å²) >= 11 is 5.95. The van der Waals surface area contributed by atoms with Crippen molar-refractivity contribution in [3.63, 3.8) is 0 Å². The molecule has 0 aromatic carbocycles. The van der Waals surface area contributed by atoms with Gasteiger partial charge in [-0.2, -0.15) is 5.10 Å². The van der Waals surface area contributed by atoms with E-state index in [0.717, 1.165) is 12.2 Å². The van der Waals surface area contributed by atoms with Crippen molar-refractivity contribution in [1.29, 1.82) is 0 Å². The monoisotopic (exact) mass is 237 g/mol. The number of nitrogens with zero attached hydrogens (tertiary/aromatic N) is 4. The molecule has 2 aromatic heterocycles. The molecule has 84 valence electrons. The molecule has 0 unspecified atom stereocenters. The fraction of sp³-hybridized carbons (Fsp3) is 0.300. The number of aryl methyl sites for hydroxylation is 1. The number of rotatable bonds is 4. The van der Waals surface area contributed by atoms with E-state index in [4.69, 9.17) is 11.6 Å². The molecule has 16 heavy (non-hydrogen) atoms. The molecule has 5 nitrogen and oxygen atoms in total. The fourth-order valence-corrected chi connectivity index (χ4v) is 1.50. The maximum Gasteiger partial charge on any atom is 0.152 e. The van der Waals surface area contributed by atoms with Gasteiger partial charge in [-0.1, -0.05) is 11.6 Å². The standard InChI is InChI=1S/C10H12ClN5/c1-16-7-14-9(15-16)4-6-13-10-8(11)3-2-5-12-10/h2-3,5,7H,4,6H2,1H3,(H,12,13). The average Bonchev–Trinajstić information content (AvgIpc) is 2.67. The van der Waals surface area contributed by atoms with Gasteiger partial charge in [0.25, 0.3) is 0 Å². The van der Waals surface area contributed by atoms with E-state index < -0.39 is 0 Å². The molecule has 0 saturated heterocycles. The maximum absolute atomic E-state index is 5.95. The Balaban J connectivity index is 1.87. The van der Waals surface area contributed by atoms with Gasteiger partial charge in [0.05, 0.1) is 5.02 Å². The normalized spacial score (nSPS) is 10.4. The second-order valence-corrected chi connectivity index (χ2v) is 3.75. The number of nitrogens with one attached hydrogen (secondary N) is 1. The smallest absolute Gasteiger partial charge is 0.152 e. The summed E-state index contributed by atoms with van der Waals surface area (Å²) in [5.41, 5.74) is 0. The lowest BCUT2D eigenvalue weighted by molar-refractivity contribution is 0.742. The predicted molar refractivity (Wildman–Crippen MR) is 62.4 cm³/mol. The van der Waals surface area contributed by atoms with Crippen LogP contribution in [-0.4, -0.2) is 26.3 Å². The third-order valence-electron chi connectivity index (χ3n) is 2.05. The van der Waals surface area contributed by atoms with Crippen LogP contribution in [0.4, 0.5) is 5.82 Å². The van der Waals surface area contributed by atoms with Crippen LogP contribution in [0.3, 0.4) is 0 Å². The van der Waals surface area contributed by atoms with Crippen LogP contribution in [0.1, 0.15) is 5.82 Å². The zero-order valence-corrected chi connectivity index (χ0v) is 9.65. The van der Waals surface area contributed by atoms with Crippen molar-refractivity contribution in [2.45, 2.75) is 6.42 Å². The Bertz CT molecular complexity index is 468. The van der Waals surface area contributed by atoms with Crippen molar-refractivity contribution in [1.82, 2.24) is 19.7 Å². The molecule has 6 heteroatoms. The zero-order chi connectivity index (χ0) is 11.4. The molecule has 0 fully saturated rings. The largest absolute Gasteiger partial charge is 0.368 e. The van der Waals surface area contributed by atoms with E-state index in [9.17, 15) is 0 Å². The molecule has 0 amide bonds. The van der Waals surface area contributed by atoms with Crippen molar-refractivity contribution in [2.75, 3.05) is 11.9 Å². The summed E-state index contributed by atoms with van der Waals surface area (Å²) in [6.07, 6.45) is 4.13. The average molecular weight is 238 g/mol. The number of hydrogen-bond donors (Lipinski definition) is 1. The highest BCUT2D eigenvalue weighted by Gasteiger charge is 2.01. The first kappa shape index (κ1) is 10.9. The van der Waals surface area contributed by atoms with Crippen molar-refractivity contribution in [2.24, 2.45) is 7.05 Å². The molecule has 2 heterocycles. The number of aromatic nitrogens is 4. The lowest BCUT2D eigenvalue weighted by atomic mass is 10.4. The highest BCUT2D eigenvalue weighted by Crippen LogP contribution is 2.16. The van der Waals surface area contributed by atoms with Crippen LogP contribution in [-0.2, 0) is 13.5 Å². The van der Waals surface area contributed by atoms with Crippen molar-refractivity contribution >= 4 is 17.4 Å². The summed E-state index contributed by atoms with van der Waals surface area (Å²) in [6, 6.07) is 3.60. The molecule has 0 bridgehead atoms. The second-order valence-electron chi connectivity index (χ2n) is 3.35. The number of halogens is 1. The lowest BCUT2D eigenvalue weighted by Gasteiger charge is -2.04. The second kappa shape index (κ2) is 4.94. The summed E-state index contributed by atoms with van der Waals surface area (Å²) in [5.74, 6) is 1.50. The Morgan fingerprint density at radius 1 is 1.44 bits per heavy atom. The molecule has 0 saturated carbocycles. The van der Waals surface area contributed by atoms with Crippen LogP contribution in [0, 0.1) is 0 Å². The highest BCUT2D eigenvalue weighted by atomic mass is 35.5. The molecule has 2 rings (SSSR count). The Hall–Kier alpha value is -1.62. The van der Waals surface area contributed by atoms with Gasteiger partial charge in [0.15, 0.2) is 5.82 Å². The van der Waals surface area contributed by atoms with Gasteiger partial charge >= 0.3 is 0 Å². The third kappa shape index (κ3) is 2.70. The van der Waals surface area contributed by atoms with Gasteiger partial charge in [0.2, 0.25) is 0 Å². The minimum absolute atomic E-state index is 0.622. The molecule has 0 aliphatic carbocycles. The van der Waals surface area contributed by atoms with Crippen molar-refractivity contribution < 1.29 is 0 Å². The number of pyridine rings is 1. The van der Waals surface area contributed by atoms with Gasteiger partial charge in [-0.15, -0.1) is 0 Å². The van der Waals surface area contributed by atoms with E-state index in [0.29, 0.717) is 17.4 Å². The van der Waals surface area contributed by atoms with Gasteiger partial charge in [0.1, 0.15) is 12.1 Å². The summed E-state index contributed by atoms with van der Waals surface area (Å²) < 4.78 is 1.68. The minimum Gasteiger partial charge on any atom is -0.368 e. The van der Waals surface area contributed by atoms with Gasteiger partial charge in [-0.3, -0.25) is 4.68 Å². The van der Waals surface area contributed by atoms with Crippen LogP contribution in [0.2, 0.25) is 5.02 Å². The quantitative estimate of drug-likeness (QED) is 0.876.